The van der Waals surface area contributed by atoms with E-state index >= 15 is 0 Å². The maximum atomic E-state index is 12.2. The van der Waals surface area contributed by atoms with Crippen LogP contribution in [0.4, 0.5) is 0 Å². The summed E-state index contributed by atoms with van der Waals surface area (Å²) in [5.41, 5.74) is 2.35. The van der Waals surface area contributed by atoms with Gasteiger partial charge in [-0.2, -0.15) is 0 Å². The number of nitrogens with one attached hydrogen (secondary N) is 2. The van der Waals surface area contributed by atoms with E-state index in [1.54, 1.807) is 24.3 Å². The van der Waals surface area contributed by atoms with Crippen LogP contribution in [0, 0.1) is 0 Å². The lowest BCUT2D eigenvalue weighted by atomic mass is 10.1. The van der Waals surface area contributed by atoms with Gasteiger partial charge in [0.25, 0.3) is 0 Å². The van der Waals surface area contributed by atoms with Crippen molar-refractivity contribution in [2.45, 2.75) is 19.3 Å². The number of amides is 1. The molecule has 0 spiro atoms. The van der Waals surface area contributed by atoms with Crippen LogP contribution in [-0.4, -0.2) is 23.2 Å². The second kappa shape index (κ2) is 8.01. The summed E-state index contributed by atoms with van der Waals surface area (Å²) in [6, 6.07) is 12.2. The molecule has 0 atom stereocenters. The number of H-pyrrole nitrogens is 1. The predicted octanol–water partition coefficient (Wildman–Crippen LogP) is 3.10. The first kappa shape index (κ1) is 17.9. The van der Waals surface area contributed by atoms with Crippen LogP contribution >= 0.6 is 11.6 Å². The molecular weight excluding hydrogens is 356 g/mol. The van der Waals surface area contributed by atoms with Crippen LogP contribution in [-0.2, 0) is 11.2 Å². The third-order valence-corrected chi connectivity index (χ3v) is 4.22. The average Bonchev–Trinajstić information content (AvgIpc) is 3.00. The molecule has 0 aliphatic rings. The van der Waals surface area contributed by atoms with E-state index in [1.165, 1.54) is 6.07 Å². The summed E-state index contributed by atoms with van der Waals surface area (Å²) in [6.07, 6.45) is 0.890. The molecule has 0 unspecified atom stereocenters. The molecule has 3 rings (SSSR count). The van der Waals surface area contributed by atoms with Crippen molar-refractivity contribution in [3.8, 4) is 0 Å². The number of fused-ring (bicyclic) bond motifs is 1. The first-order valence-electron chi connectivity index (χ1n) is 8.18. The number of hydrogen-bond acceptors (Lipinski definition) is 4. The van der Waals surface area contributed by atoms with Gasteiger partial charge < -0.3 is 9.73 Å². The summed E-state index contributed by atoms with van der Waals surface area (Å²) >= 11 is 5.83. The zero-order valence-corrected chi connectivity index (χ0v) is 14.6. The first-order chi connectivity index (χ1) is 12.5. The molecule has 0 saturated carbocycles. The zero-order valence-electron chi connectivity index (χ0n) is 13.9. The summed E-state index contributed by atoms with van der Waals surface area (Å²) in [4.78, 5) is 37.7. The lowest BCUT2D eigenvalue weighted by molar-refractivity contribution is -0.121. The number of benzene rings is 2. The van der Waals surface area contributed by atoms with Gasteiger partial charge in [-0.15, -0.1) is 0 Å². The molecule has 26 heavy (non-hydrogen) atoms. The van der Waals surface area contributed by atoms with E-state index in [2.05, 4.69) is 10.3 Å². The third-order valence-electron chi connectivity index (χ3n) is 3.97. The lowest BCUT2D eigenvalue weighted by Gasteiger charge is -2.05. The van der Waals surface area contributed by atoms with Crippen molar-refractivity contribution in [1.82, 2.24) is 10.3 Å². The van der Waals surface area contributed by atoms with Gasteiger partial charge in [-0.1, -0.05) is 23.7 Å². The molecule has 2 N–H and O–H groups in total. The molecule has 3 aromatic rings. The second-order valence-corrected chi connectivity index (χ2v) is 6.31. The minimum atomic E-state index is -0.565. The van der Waals surface area contributed by atoms with Crippen molar-refractivity contribution in [1.29, 1.82) is 0 Å². The topological polar surface area (TPSA) is 92.2 Å². The fourth-order valence-corrected chi connectivity index (χ4v) is 2.70. The fourth-order valence-electron chi connectivity index (χ4n) is 2.58. The normalized spacial score (nSPS) is 10.8. The molecule has 7 heteroatoms. The van der Waals surface area contributed by atoms with Gasteiger partial charge in [0.05, 0.1) is 5.52 Å². The Hall–Kier alpha value is -2.86. The minimum Gasteiger partial charge on any atom is -0.408 e. The van der Waals surface area contributed by atoms with Crippen LogP contribution in [0.5, 0.6) is 0 Å². The van der Waals surface area contributed by atoms with Crippen LogP contribution in [0.2, 0.25) is 5.02 Å². The van der Waals surface area contributed by atoms with Gasteiger partial charge in [0.15, 0.2) is 11.4 Å². The Balaban J connectivity index is 1.46. The van der Waals surface area contributed by atoms with Gasteiger partial charge in [0, 0.05) is 30.0 Å². The minimum absolute atomic E-state index is 0.0902. The molecular formula is C19H17ClN2O4. The zero-order chi connectivity index (χ0) is 18.5. The van der Waals surface area contributed by atoms with E-state index < -0.39 is 5.76 Å². The number of carbonyl (C=O) groups is 2. The van der Waals surface area contributed by atoms with Gasteiger partial charge in [0.1, 0.15) is 0 Å². The number of aromatic nitrogens is 1. The van der Waals surface area contributed by atoms with E-state index in [0.29, 0.717) is 34.7 Å². The van der Waals surface area contributed by atoms with E-state index in [0.717, 1.165) is 5.56 Å². The van der Waals surface area contributed by atoms with Gasteiger partial charge in [-0.3, -0.25) is 14.6 Å². The van der Waals surface area contributed by atoms with E-state index in [4.69, 9.17) is 16.0 Å². The van der Waals surface area contributed by atoms with Crippen molar-refractivity contribution in [2.75, 3.05) is 6.54 Å². The third kappa shape index (κ3) is 4.61. The Morgan fingerprint density at radius 2 is 1.85 bits per heavy atom. The molecule has 1 aromatic heterocycles. The molecule has 0 saturated heterocycles. The smallest absolute Gasteiger partial charge is 0.408 e. The highest BCUT2D eigenvalue weighted by Gasteiger charge is 2.11. The lowest BCUT2D eigenvalue weighted by Crippen LogP contribution is -2.26. The Labute approximate surface area is 154 Å². The van der Waals surface area contributed by atoms with E-state index in [9.17, 15) is 14.4 Å². The van der Waals surface area contributed by atoms with Gasteiger partial charge in [-0.25, -0.2) is 4.79 Å². The monoisotopic (exact) mass is 372 g/mol. The molecule has 2 aromatic carbocycles. The first-order valence-corrected chi connectivity index (χ1v) is 8.56. The summed E-state index contributed by atoms with van der Waals surface area (Å²) in [5, 5.41) is 3.47. The summed E-state index contributed by atoms with van der Waals surface area (Å²) < 4.78 is 4.94. The van der Waals surface area contributed by atoms with Gasteiger partial charge in [0.2, 0.25) is 5.91 Å². The summed E-state index contributed by atoms with van der Waals surface area (Å²) in [6.45, 7) is 0.495. The Bertz CT molecular complexity index is 989. The Kier molecular flexibility index (Phi) is 5.53. The number of rotatable bonds is 7. The number of halogens is 1. The molecule has 134 valence electrons. The number of aromatic amines is 1. The number of Topliss-reactive ketones (excluding diaryl/α,β-unsaturated/α-hetero) is 1. The van der Waals surface area contributed by atoms with Crippen molar-refractivity contribution in [2.24, 2.45) is 0 Å². The molecule has 0 aliphatic carbocycles. The molecule has 0 radical (unpaired) electrons. The number of ketones is 1. The van der Waals surface area contributed by atoms with Crippen molar-refractivity contribution in [3.05, 3.63) is 69.2 Å². The number of oxazole rings is 1. The van der Waals surface area contributed by atoms with Crippen LogP contribution in [0.3, 0.4) is 0 Å². The average molecular weight is 373 g/mol. The Morgan fingerprint density at radius 3 is 2.62 bits per heavy atom. The molecule has 6 nitrogen and oxygen atoms in total. The summed E-state index contributed by atoms with van der Waals surface area (Å²) in [5.74, 6) is -0.921. The van der Waals surface area contributed by atoms with Crippen LogP contribution in [0.25, 0.3) is 11.1 Å². The van der Waals surface area contributed by atoms with Crippen molar-refractivity contribution < 1.29 is 14.0 Å². The largest absolute Gasteiger partial charge is 0.417 e. The maximum Gasteiger partial charge on any atom is 0.417 e. The highest BCUT2D eigenvalue weighted by atomic mass is 35.5. The molecule has 1 heterocycles. The Morgan fingerprint density at radius 1 is 1.08 bits per heavy atom. The molecule has 1 amide bonds. The standard InChI is InChI=1S/C19H17ClN2O4/c20-14-4-1-12(2-5-14)9-10-21-18(24)8-7-16(23)13-3-6-15-17(11-13)26-19(25)22-15/h1-6,11H,7-10H2,(H,21,24)(H,22,25). The van der Waals surface area contributed by atoms with Gasteiger partial charge in [-0.05, 0) is 42.3 Å². The number of carbonyl (C=O) groups excluding carboxylic acids is 2. The highest BCUT2D eigenvalue weighted by Crippen LogP contribution is 2.14. The predicted molar refractivity (Wildman–Crippen MR) is 98.6 cm³/mol. The number of hydrogen-bond donors (Lipinski definition) is 2. The van der Waals surface area contributed by atoms with Crippen LogP contribution in [0.1, 0.15) is 28.8 Å². The van der Waals surface area contributed by atoms with Crippen molar-refractivity contribution in [3.63, 3.8) is 0 Å². The van der Waals surface area contributed by atoms with E-state index in [1.807, 2.05) is 12.1 Å². The molecule has 0 aliphatic heterocycles. The van der Waals surface area contributed by atoms with Crippen LogP contribution in [0.15, 0.2) is 51.7 Å². The summed E-state index contributed by atoms with van der Waals surface area (Å²) in [7, 11) is 0. The highest BCUT2D eigenvalue weighted by molar-refractivity contribution is 6.30. The molecule has 0 bridgehead atoms. The SMILES string of the molecule is O=C(CCC(=O)c1ccc2[nH]c(=O)oc2c1)NCCc1ccc(Cl)cc1. The van der Waals surface area contributed by atoms with Gasteiger partial charge >= 0.3 is 5.76 Å². The van der Waals surface area contributed by atoms with Crippen molar-refractivity contribution >= 4 is 34.4 Å². The van der Waals surface area contributed by atoms with Crippen LogP contribution < -0.4 is 11.1 Å². The molecule has 0 fully saturated rings. The quantitative estimate of drug-likeness (QED) is 0.623. The van der Waals surface area contributed by atoms with E-state index in [-0.39, 0.29) is 24.5 Å². The second-order valence-electron chi connectivity index (χ2n) is 5.88. The fraction of sp³-hybridized carbons (Fsp3) is 0.211. The maximum absolute atomic E-state index is 12.2.